The van der Waals surface area contributed by atoms with Crippen LogP contribution in [0.2, 0.25) is 0 Å². The number of unbranched alkanes of at least 4 members (excludes halogenated alkanes) is 1. The van der Waals surface area contributed by atoms with E-state index in [0.717, 1.165) is 41.3 Å². The summed E-state index contributed by atoms with van der Waals surface area (Å²) in [7, 11) is 13.2. The summed E-state index contributed by atoms with van der Waals surface area (Å²) in [5, 5.41) is 10.3. The van der Waals surface area contributed by atoms with Crippen LogP contribution in [0.4, 0.5) is 0 Å². The molecule has 0 bridgehead atoms. The average molecular weight is 461 g/mol. The van der Waals surface area contributed by atoms with Crippen molar-refractivity contribution in [1.82, 2.24) is 0 Å². The van der Waals surface area contributed by atoms with Crippen molar-refractivity contribution in [2.75, 3.05) is 42.3 Å². The second-order valence-corrected chi connectivity index (χ2v) is 10.4. The van der Waals surface area contributed by atoms with Gasteiger partial charge in [-0.2, -0.15) is 0 Å². The van der Waals surface area contributed by atoms with E-state index in [1.54, 1.807) is 0 Å². The fourth-order valence-electron chi connectivity index (χ4n) is 3.20. The van der Waals surface area contributed by atoms with E-state index >= 15 is 0 Å². The van der Waals surface area contributed by atoms with Gasteiger partial charge in [-0.1, -0.05) is 87.4 Å². The van der Waals surface area contributed by atoms with E-state index in [-0.39, 0.29) is 11.4 Å². The maximum atomic E-state index is 10.3. The summed E-state index contributed by atoms with van der Waals surface area (Å²) in [4.78, 5) is 10.3. The zero-order valence-electron chi connectivity index (χ0n) is 22.3. The predicted octanol–water partition coefficient (Wildman–Crippen LogP) is 4.56. The third-order valence-electron chi connectivity index (χ3n) is 4.73. The molecule has 0 aliphatic carbocycles. The van der Waals surface area contributed by atoms with Gasteiger partial charge in [0.15, 0.2) is 0 Å². The smallest absolute Gasteiger partial charge is 0.104 e. The summed E-state index contributed by atoms with van der Waals surface area (Å²) in [6.45, 7) is 6.14. The summed E-state index contributed by atoms with van der Waals surface area (Å²) < 4.78 is 1.98. The van der Waals surface area contributed by atoms with Gasteiger partial charge in [-0.3, -0.25) is 0 Å². The molecule has 2 aromatic rings. The minimum atomic E-state index is -0.893. The third kappa shape index (κ3) is 20.1. The molecule has 0 spiro atoms. The molecular weight excluding hydrogens is 412 g/mol. The molecule has 0 aromatic heterocycles. The Bertz CT molecular complexity index is 669. The summed E-state index contributed by atoms with van der Waals surface area (Å²) in [6.07, 6.45) is 3.52. The van der Waals surface area contributed by atoms with Crippen molar-refractivity contribution in [3.63, 3.8) is 0 Å². The number of hydrogen-bond acceptors (Lipinski definition) is 3. The normalized spacial score (nSPS) is 11.6. The highest BCUT2D eigenvalue weighted by Gasteiger charge is 2.07. The van der Waals surface area contributed by atoms with E-state index < -0.39 is 5.97 Å². The van der Waals surface area contributed by atoms with Crippen molar-refractivity contribution < 1.29 is 24.3 Å². The van der Waals surface area contributed by atoms with Gasteiger partial charge < -0.3 is 24.3 Å². The topological polar surface area (TPSA) is 70.1 Å². The van der Waals surface area contributed by atoms with Gasteiger partial charge in [0.2, 0.25) is 0 Å². The number of carbonyl (C=O) groups excluding carboxylic acids is 1. The summed E-state index contributed by atoms with van der Waals surface area (Å²) in [5.41, 5.74) is 2.81. The Morgan fingerprint density at radius 1 is 0.758 bits per heavy atom. The van der Waals surface area contributed by atoms with Crippen LogP contribution in [0.15, 0.2) is 60.7 Å². The lowest BCUT2D eigenvalue weighted by Crippen LogP contribution is -2.33. The number of aliphatic carboxylic acids is 1. The van der Waals surface area contributed by atoms with Crippen LogP contribution in [-0.2, 0) is 17.9 Å². The minimum Gasteiger partial charge on any atom is -0.870 e. The second kappa shape index (κ2) is 17.3. The fraction of sp³-hybridized carbons (Fsp3) is 0.536. The van der Waals surface area contributed by atoms with Crippen LogP contribution in [-0.4, -0.2) is 62.7 Å². The van der Waals surface area contributed by atoms with Crippen LogP contribution in [0.25, 0.3) is 0 Å². The van der Waals surface area contributed by atoms with Crippen molar-refractivity contribution in [1.29, 1.82) is 0 Å². The van der Waals surface area contributed by atoms with Crippen LogP contribution in [0.1, 0.15) is 50.7 Å². The highest BCUT2D eigenvalue weighted by Crippen LogP contribution is 2.10. The molecule has 0 amide bonds. The Hall–Kier alpha value is -2.21. The van der Waals surface area contributed by atoms with E-state index in [0.29, 0.717) is 6.42 Å². The van der Waals surface area contributed by atoms with Gasteiger partial charge >= 0.3 is 0 Å². The van der Waals surface area contributed by atoms with Crippen LogP contribution in [0.5, 0.6) is 0 Å². The summed E-state index contributed by atoms with van der Waals surface area (Å²) in [5.74, 6) is -1.11. The second-order valence-electron chi connectivity index (χ2n) is 10.4. The molecule has 33 heavy (non-hydrogen) atoms. The first-order valence-electron chi connectivity index (χ1n) is 11.8. The molecule has 2 aromatic carbocycles. The molecule has 0 aliphatic heterocycles. The van der Waals surface area contributed by atoms with E-state index in [1.807, 2.05) is 6.92 Å². The standard InChI is InChI=1S/2C10H16N.C8H16O2.H2O/c2*1-11(2,3)9-10-7-5-4-6-8-10;1-3-5-6-7(4-2)8(9)10;/h2*4-8H,9H2,1-3H3;7H,3-6H2,1-2H3,(H,9,10);1H2/q2*+1;;/p-2. The molecule has 5 heteroatoms. The Balaban J connectivity index is 0. The number of rotatable bonds is 9. The number of carboxylic acids is 1. The third-order valence-corrected chi connectivity index (χ3v) is 4.73. The van der Waals surface area contributed by atoms with E-state index in [4.69, 9.17) is 0 Å². The molecule has 0 saturated carbocycles. The van der Waals surface area contributed by atoms with Gasteiger partial charge in [-0.15, -0.1) is 0 Å². The number of benzene rings is 2. The van der Waals surface area contributed by atoms with Gasteiger partial charge in [0, 0.05) is 17.1 Å². The maximum absolute atomic E-state index is 10.3. The lowest BCUT2D eigenvalue weighted by atomic mass is 10.00. The Kier molecular flexibility index (Phi) is 17.3. The van der Waals surface area contributed by atoms with Crippen LogP contribution in [0.3, 0.4) is 0 Å². The lowest BCUT2D eigenvalue weighted by Gasteiger charge is -2.23. The number of carbonyl (C=O) groups is 1. The Morgan fingerprint density at radius 2 is 1.12 bits per heavy atom. The molecule has 0 fully saturated rings. The number of carboxylic acid groups (broad SMARTS) is 1. The molecule has 1 unspecified atom stereocenters. The quantitative estimate of drug-likeness (QED) is 0.515. The first kappa shape index (κ1) is 33.0. The molecular formula is C28H48N2O3. The first-order chi connectivity index (χ1) is 14.9. The molecule has 0 radical (unpaired) electrons. The zero-order valence-corrected chi connectivity index (χ0v) is 22.3. The largest absolute Gasteiger partial charge is 0.870 e. The fourth-order valence-corrected chi connectivity index (χ4v) is 3.20. The van der Waals surface area contributed by atoms with Gasteiger partial charge in [0.1, 0.15) is 13.1 Å². The molecule has 0 aliphatic rings. The highest BCUT2D eigenvalue weighted by atomic mass is 16.4. The van der Waals surface area contributed by atoms with Crippen molar-refractivity contribution >= 4 is 5.97 Å². The first-order valence-corrected chi connectivity index (χ1v) is 11.8. The average Bonchev–Trinajstić information content (AvgIpc) is 2.68. The summed E-state index contributed by atoms with van der Waals surface area (Å²) >= 11 is 0. The predicted molar refractivity (Wildman–Crippen MR) is 137 cm³/mol. The highest BCUT2D eigenvalue weighted by molar-refractivity contribution is 5.67. The lowest BCUT2D eigenvalue weighted by molar-refractivity contribution is -0.884. The van der Waals surface area contributed by atoms with Crippen molar-refractivity contribution in [3.05, 3.63) is 71.8 Å². The number of hydrogen-bond donors (Lipinski definition) is 0. The summed E-state index contributed by atoms with van der Waals surface area (Å²) in [6, 6.07) is 21.1. The Morgan fingerprint density at radius 3 is 1.36 bits per heavy atom. The van der Waals surface area contributed by atoms with Crippen LogP contribution >= 0.6 is 0 Å². The van der Waals surface area contributed by atoms with Gasteiger partial charge in [0.05, 0.1) is 42.3 Å². The number of nitrogens with zero attached hydrogens (tertiary/aromatic N) is 2. The zero-order chi connectivity index (χ0) is 24.6. The monoisotopic (exact) mass is 460 g/mol. The van der Waals surface area contributed by atoms with E-state index in [9.17, 15) is 9.90 Å². The number of quaternary nitrogens is 2. The van der Waals surface area contributed by atoms with Gasteiger partial charge in [-0.25, -0.2) is 0 Å². The van der Waals surface area contributed by atoms with Crippen molar-refractivity contribution in [2.24, 2.45) is 5.92 Å². The molecule has 1 N–H and O–H groups in total. The minimum absolute atomic E-state index is 0. The molecule has 2 rings (SSSR count). The SMILES string of the molecule is CCCCC(CC)C(=O)[O-].C[N+](C)(C)Cc1ccccc1.C[N+](C)(C)Cc1ccccc1.[OH-]. The molecule has 1 atom stereocenters. The van der Waals surface area contributed by atoms with Crippen molar-refractivity contribution in [2.45, 2.75) is 52.6 Å². The van der Waals surface area contributed by atoms with Crippen LogP contribution in [0, 0.1) is 5.92 Å². The Labute approximate surface area is 203 Å². The van der Waals surface area contributed by atoms with Crippen LogP contribution < -0.4 is 5.11 Å². The molecule has 188 valence electrons. The molecule has 0 heterocycles. The molecule has 5 nitrogen and oxygen atoms in total. The van der Waals surface area contributed by atoms with E-state index in [2.05, 4.69) is 110 Å². The molecule has 0 saturated heterocycles. The van der Waals surface area contributed by atoms with Gasteiger partial charge in [-0.05, 0) is 18.8 Å². The van der Waals surface area contributed by atoms with Crippen molar-refractivity contribution in [3.8, 4) is 0 Å². The maximum Gasteiger partial charge on any atom is 0.104 e. The van der Waals surface area contributed by atoms with E-state index in [1.165, 1.54) is 11.1 Å². The van der Waals surface area contributed by atoms with Gasteiger partial charge in [0.25, 0.3) is 0 Å².